The van der Waals surface area contributed by atoms with E-state index in [9.17, 15) is 9.59 Å². The number of hydrogen-bond donors (Lipinski definition) is 2. The van der Waals surface area contributed by atoms with Crippen LogP contribution in [0.5, 0.6) is 5.75 Å². The quantitative estimate of drug-likeness (QED) is 0.709. The van der Waals surface area contributed by atoms with Gasteiger partial charge in [-0.05, 0) is 35.2 Å². The lowest BCUT2D eigenvalue weighted by Gasteiger charge is -2.21. The molecule has 26 heavy (non-hydrogen) atoms. The van der Waals surface area contributed by atoms with E-state index in [2.05, 4.69) is 17.4 Å². The normalized spacial score (nSPS) is 11.0. The molecule has 0 aromatic heterocycles. The molecule has 0 unspecified atom stereocenters. The van der Waals surface area contributed by atoms with Crippen LogP contribution in [0.3, 0.4) is 0 Å². The molecular formula is C21H25NO4. The Bertz CT molecular complexity index is 723. The number of rotatable bonds is 9. The van der Waals surface area contributed by atoms with Gasteiger partial charge in [0.15, 0.2) is 0 Å². The maximum Gasteiger partial charge on any atom is 0.303 e. The third-order valence-electron chi connectivity index (χ3n) is 3.91. The average molecular weight is 355 g/mol. The molecule has 0 aliphatic rings. The zero-order valence-corrected chi connectivity index (χ0v) is 15.2. The van der Waals surface area contributed by atoms with E-state index < -0.39 is 11.4 Å². The molecule has 0 fully saturated rings. The van der Waals surface area contributed by atoms with Gasteiger partial charge in [-0.25, -0.2) is 0 Å². The summed E-state index contributed by atoms with van der Waals surface area (Å²) in [4.78, 5) is 22.9. The Labute approximate surface area is 154 Å². The second-order valence-electron chi connectivity index (χ2n) is 7.07. The number of carboxylic acids is 1. The number of hydrogen-bond acceptors (Lipinski definition) is 3. The topological polar surface area (TPSA) is 75.6 Å². The molecule has 0 saturated heterocycles. The lowest BCUT2D eigenvalue weighted by molar-refractivity contribution is -0.139. The van der Waals surface area contributed by atoms with E-state index in [1.54, 1.807) is 26.0 Å². The highest BCUT2D eigenvalue weighted by atomic mass is 16.5. The van der Waals surface area contributed by atoms with Gasteiger partial charge < -0.3 is 15.2 Å². The standard InChI is InChI=1S/C21H25NO4/c1-21(2,15-20(24)25)14-19(23)22-17-8-10-18(11-9-17)26-13-12-16-6-4-3-5-7-16/h3-11H,12-15H2,1-2H3,(H,22,23)(H,24,25). The molecular weight excluding hydrogens is 330 g/mol. The van der Waals surface area contributed by atoms with E-state index in [4.69, 9.17) is 9.84 Å². The summed E-state index contributed by atoms with van der Waals surface area (Å²) in [6.45, 7) is 4.12. The van der Waals surface area contributed by atoms with Crippen LogP contribution in [0.2, 0.25) is 0 Å². The van der Waals surface area contributed by atoms with Crippen molar-refractivity contribution in [1.82, 2.24) is 0 Å². The number of carboxylic acid groups (broad SMARTS) is 1. The summed E-state index contributed by atoms with van der Waals surface area (Å²) < 4.78 is 5.72. The Hall–Kier alpha value is -2.82. The van der Waals surface area contributed by atoms with Crippen LogP contribution in [0, 0.1) is 5.41 Å². The number of carbonyl (C=O) groups excluding carboxylic acids is 1. The summed E-state index contributed by atoms with van der Waals surface area (Å²) in [5, 5.41) is 11.7. The number of aliphatic carboxylic acids is 1. The third-order valence-corrected chi connectivity index (χ3v) is 3.91. The second kappa shape index (κ2) is 9.04. The molecule has 0 aliphatic heterocycles. The number of nitrogens with one attached hydrogen (secondary N) is 1. The summed E-state index contributed by atoms with van der Waals surface area (Å²) in [5.41, 5.74) is 1.30. The van der Waals surface area contributed by atoms with Crippen molar-refractivity contribution in [2.24, 2.45) is 5.41 Å². The lowest BCUT2D eigenvalue weighted by atomic mass is 9.85. The molecule has 5 heteroatoms. The molecule has 2 rings (SSSR count). The minimum atomic E-state index is -0.903. The van der Waals surface area contributed by atoms with E-state index in [0.29, 0.717) is 12.3 Å². The fourth-order valence-electron chi connectivity index (χ4n) is 2.68. The molecule has 5 nitrogen and oxygen atoms in total. The van der Waals surface area contributed by atoms with Crippen molar-refractivity contribution in [2.45, 2.75) is 33.1 Å². The average Bonchev–Trinajstić information content (AvgIpc) is 2.55. The van der Waals surface area contributed by atoms with Crippen LogP contribution >= 0.6 is 0 Å². The van der Waals surface area contributed by atoms with Gasteiger partial charge in [-0.3, -0.25) is 9.59 Å². The van der Waals surface area contributed by atoms with Crippen LogP contribution in [-0.2, 0) is 16.0 Å². The SMILES string of the molecule is CC(C)(CC(=O)O)CC(=O)Nc1ccc(OCCc2ccccc2)cc1. The van der Waals surface area contributed by atoms with Gasteiger partial charge in [-0.2, -0.15) is 0 Å². The van der Waals surface area contributed by atoms with Gasteiger partial charge in [0.05, 0.1) is 13.0 Å². The van der Waals surface area contributed by atoms with Crippen molar-refractivity contribution in [3.05, 3.63) is 60.2 Å². The van der Waals surface area contributed by atoms with Crippen LogP contribution in [0.1, 0.15) is 32.3 Å². The summed E-state index contributed by atoms with van der Waals surface area (Å²) in [5.74, 6) is -0.362. The van der Waals surface area contributed by atoms with Gasteiger partial charge in [-0.15, -0.1) is 0 Å². The minimum absolute atomic E-state index is 0.0470. The summed E-state index contributed by atoms with van der Waals surface area (Å²) in [6, 6.07) is 17.3. The van der Waals surface area contributed by atoms with Crippen molar-refractivity contribution in [3.8, 4) is 5.75 Å². The summed E-state index contributed by atoms with van der Waals surface area (Å²) >= 11 is 0. The molecule has 0 atom stereocenters. The predicted octanol–water partition coefficient (Wildman–Crippen LogP) is 4.14. The molecule has 0 spiro atoms. The van der Waals surface area contributed by atoms with Gasteiger partial charge in [0.2, 0.25) is 5.91 Å². The Morgan fingerprint density at radius 3 is 2.27 bits per heavy atom. The van der Waals surface area contributed by atoms with E-state index in [1.807, 2.05) is 30.3 Å². The number of amides is 1. The molecule has 0 bridgehead atoms. The Morgan fingerprint density at radius 1 is 1.00 bits per heavy atom. The van der Waals surface area contributed by atoms with Crippen molar-refractivity contribution in [1.29, 1.82) is 0 Å². The van der Waals surface area contributed by atoms with Crippen LogP contribution in [0.25, 0.3) is 0 Å². The van der Waals surface area contributed by atoms with Gasteiger partial charge in [0.1, 0.15) is 5.75 Å². The van der Waals surface area contributed by atoms with E-state index in [0.717, 1.165) is 12.2 Å². The van der Waals surface area contributed by atoms with Crippen LogP contribution in [-0.4, -0.2) is 23.6 Å². The molecule has 2 aromatic rings. The predicted molar refractivity (Wildman–Crippen MR) is 101 cm³/mol. The zero-order valence-electron chi connectivity index (χ0n) is 15.2. The molecule has 2 N–H and O–H groups in total. The number of carbonyl (C=O) groups is 2. The highest BCUT2D eigenvalue weighted by Crippen LogP contribution is 2.26. The second-order valence-corrected chi connectivity index (χ2v) is 7.07. The van der Waals surface area contributed by atoms with Crippen LogP contribution in [0.15, 0.2) is 54.6 Å². The Kier molecular flexibility index (Phi) is 6.78. The summed E-state index contributed by atoms with van der Waals surface area (Å²) in [7, 11) is 0. The Balaban J connectivity index is 1.79. The van der Waals surface area contributed by atoms with Crippen molar-refractivity contribution in [3.63, 3.8) is 0 Å². The maximum atomic E-state index is 12.1. The molecule has 2 aromatic carbocycles. The van der Waals surface area contributed by atoms with Gasteiger partial charge in [0, 0.05) is 18.5 Å². The molecule has 0 aliphatic carbocycles. The van der Waals surface area contributed by atoms with E-state index in [-0.39, 0.29) is 18.7 Å². The van der Waals surface area contributed by atoms with E-state index in [1.165, 1.54) is 5.56 Å². The van der Waals surface area contributed by atoms with Crippen molar-refractivity contribution in [2.75, 3.05) is 11.9 Å². The molecule has 0 saturated carbocycles. The first-order valence-corrected chi connectivity index (χ1v) is 8.62. The number of benzene rings is 2. The maximum absolute atomic E-state index is 12.1. The number of anilines is 1. The smallest absolute Gasteiger partial charge is 0.303 e. The monoisotopic (exact) mass is 355 g/mol. The first-order valence-electron chi connectivity index (χ1n) is 8.62. The zero-order chi connectivity index (χ0) is 19.0. The molecule has 0 radical (unpaired) electrons. The van der Waals surface area contributed by atoms with Crippen LogP contribution in [0.4, 0.5) is 5.69 Å². The van der Waals surface area contributed by atoms with Crippen molar-refractivity contribution < 1.29 is 19.4 Å². The minimum Gasteiger partial charge on any atom is -0.493 e. The largest absolute Gasteiger partial charge is 0.493 e. The number of ether oxygens (including phenoxy) is 1. The fraction of sp³-hybridized carbons (Fsp3) is 0.333. The summed E-state index contributed by atoms with van der Waals surface area (Å²) in [6.07, 6.45) is 0.932. The first-order chi connectivity index (χ1) is 12.3. The van der Waals surface area contributed by atoms with E-state index >= 15 is 0 Å². The molecule has 0 heterocycles. The van der Waals surface area contributed by atoms with Crippen LogP contribution < -0.4 is 10.1 Å². The highest BCUT2D eigenvalue weighted by molar-refractivity contribution is 5.91. The highest BCUT2D eigenvalue weighted by Gasteiger charge is 2.25. The fourth-order valence-corrected chi connectivity index (χ4v) is 2.68. The first kappa shape index (κ1) is 19.5. The van der Waals surface area contributed by atoms with Crippen molar-refractivity contribution >= 4 is 17.6 Å². The van der Waals surface area contributed by atoms with Gasteiger partial charge >= 0.3 is 5.97 Å². The third kappa shape index (κ3) is 6.97. The van der Waals surface area contributed by atoms with Gasteiger partial charge in [0.25, 0.3) is 0 Å². The molecule has 138 valence electrons. The Morgan fingerprint density at radius 2 is 1.65 bits per heavy atom. The van der Waals surface area contributed by atoms with Gasteiger partial charge in [-0.1, -0.05) is 44.2 Å². The molecule has 1 amide bonds. The lowest BCUT2D eigenvalue weighted by Crippen LogP contribution is -2.24.